The fourth-order valence-corrected chi connectivity index (χ4v) is 4.42. The molecule has 1 aromatic carbocycles. The predicted octanol–water partition coefficient (Wildman–Crippen LogP) is 2.14. The Labute approximate surface area is 127 Å². The van der Waals surface area contributed by atoms with Crippen LogP contribution in [0, 0.1) is 0 Å². The molecule has 1 aromatic heterocycles. The summed E-state index contributed by atoms with van der Waals surface area (Å²) in [6.07, 6.45) is 1.82. The van der Waals surface area contributed by atoms with Crippen LogP contribution < -0.4 is 10.5 Å². The molecule has 0 amide bonds. The molecule has 3 N–H and O–H groups in total. The zero-order chi connectivity index (χ0) is 14.9. The minimum Gasteiger partial charge on any atom is -0.399 e. The van der Waals surface area contributed by atoms with Gasteiger partial charge in [-0.05, 0) is 25.0 Å². The summed E-state index contributed by atoms with van der Waals surface area (Å²) in [6, 6.07) is 7.32. The molecule has 2 heterocycles. The maximum atomic E-state index is 12.2. The first-order valence-electron chi connectivity index (χ1n) is 6.64. The minimum atomic E-state index is -3.48. The third-order valence-electron chi connectivity index (χ3n) is 3.33. The zero-order valence-corrected chi connectivity index (χ0v) is 13.0. The van der Waals surface area contributed by atoms with E-state index in [9.17, 15) is 8.42 Å². The van der Waals surface area contributed by atoms with Crippen LogP contribution in [-0.2, 0) is 10.2 Å². The SMILES string of the molecule is Nc1ccc(-c2csc(NS(=O)(=O)N3CCCC3)n2)cc1. The second kappa shape index (κ2) is 5.63. The normalized spacial score (nSPS) is 16.2. The van der Waals surface area contributed by atoms with Crippen LogP contribution in [0.1, 0.15) is 12.8 Å². The van der Waals surface area contributed by atoms with E-state index in [1.807, 2.05) is 17.5 Å². The number of nitrogens with one attached hydrogen (secondary N) is 1. The second-order valence-electron chi connectivity index (χ2n) is 4.87. The van der Waals surface area contributed by atoms with Gasteiger partial charge in [0, 0.05) is 29.7 Å². The Balaban J connectivity index is 1.77. The number of nitrogens with zero attached hydrogens (tertiary/aromatic N) is 2. The van der Waals surface area contributed by atoms with E-state index in [0.29, 0.717) is 23.9 Å². The van der Waals surface area contributed by atoms with Gasteiger partial charge in [-0.2, -0.15) is 12.7 Å². The van der Waals surface area contributed by atoms with Gasteiger partial charge in [-0.25, -0.2) is 9.71 Å². The van der Waals surface area contributed by atoms with E-state index in [-0.39, 0.29) is 0 Å². The Morgan fingerprint density at radius 3 is 2.52 bits per heavy atom. The van der Waals surface area contributed by atoms with Crippen molar-refractivity contribution in [2.75, 3.05) is 23.5 Å². The lowest BCUT2D eigenvalue weighted by Crippen LogP contribution is -2.33. The van der Waals surface area contributed by atoms with Crippen molar-refractivity contribution in [2.45, 2.75) is 12.8 Å². The molecule has 1 aliphatic rings. The molecular formula is C13H16N4O2S2. The summed E-state index contributed by atoms with van der Waals surface area (Å²) in [4.78, 5) is 4.33. The lowest BCUT2D eigenvalue weighted by Gasteiger charge is -2.14. The highest BCUT2D eigenvalue weighted by Crippen LogP contribution is 2.27. The Morgan fingerprint density at radius 1 is 1.19 bits per heavy atom. The van der Waals surface area contributed by atoms with Crippen molar-refractivity contribution in [3.8, 4) is 11.3 Å². The molecule has 2 aromatic rings. The molecule has 0 saturated carbocycles. The fraction of sp³-hybridized carbons (Fsp3) is 0.308. The quantitative estimate of drug-likeness (QED) is 0.843. The highest BCUT2D eigenvalue weighted by atomic mass is 32.2. The topological polar surface area (TPSA) is 88.3 Å². The highest BCUT2D eigenvalue weighted by Gasteiger charge is 2.26. The van der Waals surface area contributed by atoms with E-state index in [2.05, 4.69) is 9.71 Å². The van der Waals surface area contributed by atoms with E-state index in [1.165, 1.54) is 15.6 Å². The molecule has 0 aliphatic carbocycles. The van der Waals surface area contributed by atoms with Crippen LogP contribution in [0.5, 0.6) is 0 Å². The first kappa shape index (κ1) is 14.3. The smallest absolute Gasteiger partial charge is 0.303 e. The van der Waals surface area contributed by atoms with Gasteiger partial charge in [0.25, 0.3) is 0 Å². The summed E-state index contributed by atoms with van der Waals surface area (Å²) in [6.45, 7) is 1.15. The van der Waals surface area contributed by atoms with E-state index >= 15 is 0 Å². The van der Waals surface area contributed by atoms with E-state index in [4.69, 9.17) is 5.73 Å². The standard InChI is InChI=1S/C13H16N4O2S2/c14-11-5-3-10(4-6-11)12-9-20-13(15-12)16-21(18,19)17-7-1-2-8-17/h3-6,9H,1-2,7-8,14H2,(H,15,16). The summed E-state index contributed by atoms with van der Waals surface area (Å²) in [5, 5.41) is 2.21. The number of rotatable bonds is 4. The Bertz CT molecular complexity index is 719. The average molecular weight is 324 g/mol. The van der Waals surface area contributed by atoms with Crippen LogP contribution in [0.4, 0.5) is 10.8 Å². The number of aromatic nitrogens is 1. The number of nitrogens with two attached hydrogens (primary N) is 1. The summed E-state index contributed by atoms with van der Waals surface area (Å²) in [7, 11) is -3.48. The number of anilines is 2. The monoisotopic (exact) mass is 324 g/mol. The van der Waals surface area contributed by atoms with E-state index < -0.39 is 10.2 Å². The van der Waals surface area contributed by atoms with Crippen molar-refractivity contribution in [1.82, 2.24) is 9.29 Å². The molecule has 0 spiro atoms. The lowest BCUT2D eigenvalue weighted by molar-refractivity contribution is 0.482. The molecule has 1 aliphatic heterocycles. The van der Waals surface area contributed by atoms with Crippen molar-refractivity contribution in [2.24, 2.45) is 0 Å². The van der Waals surface area contributed by atoms with Crippen LogP contribution in [-0.4, -0.2) is 30.8 Å². The molecule has 1 saturated heterocycles. The zero-order valence-electron chi connectivity index (χ0n) is 11.3. The molecule has 21 heavy (non-hydrogen) atoms. The third kappa shape index (κ3) is 3.17. The van der Waals surface area contributed by atoms with E-state index in [0.717, 1.165) is 24.1 Å². The fourth-order valence-electron chi connectivity index (χ4n) is 2.21. The van der Waals surface area contributed by atoms with Gasteiger partial charge in [0.15, 0.2) is 5.13 Å². The van der Waals surface area contributed by atoms with Gasteiger partial charge in [-0.15, -0.1) is 11.3 Å². The number of hydrogen-bond acceptors (Lipinski definition) is 5. The molecular weight excluding hydrogens is 308 g/mol. The van der Waals surface area contributed by atoms with Gasteiger partial charge >= 0.3 is 10.2 Å². The van der Waals surface area contributed by atoms with Crippen LogP contribution in [0.2, 0.25) is 0 Å². The number of thiazole rings is 1. The average Bonchev–Trinajstić information content (AvgIpc) is 3.10. The molecule has 0 radical (unpaired) electrons. The molecule has 112 valence electrons. The van der Waals surface area contributed by atoms with Gasteiger partial charge in [-0.3, -0.25) is 0 Å². The number of nitrogen functional groups attached to an aromatic ring is 1. The maximum absolute atomic E-state index is 12.2. The lowest BCUT2D eigenvalue weighted by atomic mass is 10.2. The van der Waals surface area contributed by atoms with Crippen LogP contribution in [0.25, 0.3) is 11.3 Å². The van der Waals surface area contributed by atoms with Crippen molar-refractivity contribution >= 4 is 32.4 Å². The van der Waals surface area contributed by atoms with Gasteiger partial charge in [0.1, 0.15) is 0 Å². The second-order valence-corrected chi connectivity index (χ2v) is 7.40. The summed E-state index contributed by atoms with van der Waals surface area (Å²) in [5.41, 5.74) is 7.98. The Kier molecular flexibility index (Phi) is 3.83. The minimum absolute atomic E-state index is 0.383. The summed E-state index contributed by atoms with van der Waals surface area (Å²) < 4.78 is 28.3. The van der Waals surface area contributed by atoms with Gasteiger partial charge in [-0.1, -0.05) is 12.1 Å². The molecule has 0 unspecified atom stereocenters. The van der Waals surface area contributed by atoms with Crippen molar-refractivity contribution in [1.29, 1.82) is 0 Å². The predicted molar refractivity (Wildman–Crippen MR) is 85.3 cm³/mol. The molecule has 8 heteroatoms. The van der Waals surface area contributed by atoms with Gasteiger partial charge in [0.2, 0.25) is 0 Å². The Hall–Kier alpha value is -1.64. The Morgan fingerprint density at radius 2 is 1.86 bits per heavy atom. The highest BCUT2D eigenvalue weighted by molar-refractivity contribution is 7.90. The molecule has 0 atom stereocenters. The third-order valence-corrected chi connectivity index (χ3v) is 5.72. The van der Waals surface area contributed by atoms with Gasteiger partial charge < -0.3 is 5.73 Å². The van der Waals surface area contributed by atoms with Crippen LogP contribution in [0.3, 0.4) is 0 Å². The van der Waals surface area contributed by atoms with Crippen LogP contribution >= 0.6 is 11.3 Å². The van der Waals surface area contributed by atoms with Crippen molar-refractivity contribution < 1.29 is 8.42 Å². The molecule has 3 rings (SSSR count). The van der Waals surface area contributed by atoms with Crippen molar-refractivity contribution in [3.63, 3.8) is 0 Å². The van der Waals surface area contributed by atoms with Gasteiger partial charge in [0.05, 0.1) is 5.69 Å². The maximum Gasteiger partial charge on any atom is 0.303 e. The summed E-state index contributed by atoms with van der Waals surface area (Å²) >= 11 is 1.27. The first-order chi connectivity index (χ1) is 10.0. The number of benzene rings is 1. The van der Waals surface area contributed by atoms with E-state index in [1.54, 1.807) is 12.1 Å². The number of hydrogen-bond donors (Lipinski definition) is 2. The molecule has 1 fully saturated rings. The first-order valence-corrected chi connectivity index (χ1v) is 8.96. The summed E-state index contributed by atoms with van der Waals surface area (Å²) in [5.74, 6) is 0. The van der Waals surface area contributed by atoms with Crippen LogP contribution in [0.15, 0.2) is 29.6 Å². The molecule has 0 bridgehead atoms. The van der Waals surface area contributed by atoms with Crippen molar-refractivity contribution in [3.05, 3.63) is 29.6 Å². The molecule has 6 nitrogen and oxygen atoms in total. The largest absolute Gasteiger partial charge is 0.399 e.